The molecule has 0 fully saturated rings. The fraction of sp³-hybridized carbons (Fsp3) is 0.600. The van der Waals surface area contributed by atoms with Gasteiger partial charge in [0.1, 0.15) is 12.8 Å². The maximum Gasteiger partial charge on any atom is 0.316 e. The fourth-order valence-corrected chi connectivity index (χ4v) is 4.49. The molecule has 0 bridgehead atoms. The third kappa shape index (κ3) is 9.87. The van der Waals surface area contributed by atoms with Gasteiger partial charge in [-0.1, -0.05) is 89.7 Å². The van der Waals surface area contributed by atoms with Gasteiger partial charge in [0.2, 0.25) is 0 Å². The van der Waals surface area contributed by atoms with E-state index in [0.717, 1.165) is 29.9 Å². The van der Waals surface area contributed by atoms with E-state index in [4.69, 9.17) is 4.74 Å². The number of pyridine rings is 1. The van der Waals surface area contributed by atoms with Crippen LogP contribution in [0.1, 0.15) is 119 Å². The molecular weight excluding hydrogens is 420 g/mol. The SMILES string of the molecule is CCCCCCCCCCCCCCOc1cccc(C(C)NC(=O)c2cccc[n+]2C)c1C. The molecule has 1 amide bonds. The number of unbranched alkanes of at least 4 members (excludes halogenated alkanes) is 11. The first-order valence-corrected chi connectivity index (χ1v) is 13.5. The Hall–Kier alpha value is -2.36. The van der Waals surface area contributed by atoms with Crippen molar-refractivity contribution in [2.24, 2.45) is 7.05 Å². The van der Waals surface area contributed by atoms with Gasteiger partial charge in [0.15, 0.2) is 6.20 Å². The number of ether oxygens (including phenoxy) is 1. The predicted octanol–water partition coefficient (Wildman–Crippen LogP) is 7.39. The van der Waals surface area contributed by atoms with Crippen LogP contribution in [0.15, 0.2) is 42.6 Å². The Morgan fingerprint density at radius 1 is 0.882 bits per heavy atom. The average molecular weight is 468 g/mol. The molecule has 1 heterocycles. The minimum absolute atomic E-state index is 0.0715. The van der Waals surface area contributed by atoms with Gasteiger partial charge in [-0.05, 0) is 43.5 Å². The molecule has 4 heteroatoms. The van der Waals surface area contributed by atoms with E-state index in [9.17, 15) is 4.79 Å². The topological polar surface area (TPSA) is 42.2 Å². The highest BCUT2D eigenvalue weighted by atomic mass is 16.5. The molecule has 1 unspecified atom stereocenters. The smallest absolute Gasteiger partial charge is 0.316 e. The minimum Gasteiger partial charge on any atom is -0.493 e. The minimum atomic E-state index is -0.0945. The molecule has 0 radical (unpaired) electrons. The lowest BCUT2D eigenvalue weighted by atomic mass is 10.0. The molecule has 0 saturated heterocycles. The van der Waals surface area contributed by atoms with Crippen LogP contribution in [0.2, 0.25) is 0 Å². The molecule has 0 aliphatic heterocycles. The summed E-state index contributed by atoms with van der Waals surface area (Å²) in [7, 11) is 1.88. The van der Waals surface area contributed by atoms with Crippen molar-refractivity contribution in [2.45, 2.75) is 104 Å². The zero-order valence-electron chi connectivity index (χ0n) is 22.1. The zero-order chi connectivity index (χ0) is 24.6. The Morgan fingerprint density at radius 3 is 2.12 bits per heavy atom. The Kier molecular flexibility index (Phi) is 13.4. The van der Waals surface area contributed by atoms with Crippen LogP contribution in [0, 0.1) is 6.92 Å². The van der Waals surface area contributed by atoms with E-state index in [1.807, 2.05) is 55.1 Å². The van der Waals surface area contributed by atoms with Crippen molar-refractivity contribution in [3.05, 3.63) is 59.4 Å². The van der Waals surface area contributed by atoms with Crippen molar-refractivity contribution in [1.29, 1.82) is 0 Å². The summed E-state index contributed by atoms with van der Waals surface area (Å²) < 4.78 is 7.95. The van der Waals surface area contributed by atoms with Gasteiger partial charge in [-0.25, -0.2) is 0 Å². The number of carbonyl (C=O) groups excluding carboxylic acids is 1. The number of aromatic nitrogens is 1. The van der Waals surface area contributed by atoms with E-state index in [-0.39, 0.29) is 11.9 Å². The molecule has 0 aliphatic rings. The van der Waals surface area contributed by atoms with Crippen LogP contribution in [0.4, 0.5) is 0 Å². The van der Waals surface area contributed by atoms with Crippen molar-refractivity contribution < 1.29 is 14.1 Å². The van der Waals surface area contributed by atoms with E-state index in [2.05, 4.69) is 25.2 Å². The van der Waals surface area contributed by atoms with Gasteiger partial charge in [-0.2, -0.15) is 4.57 Å². The zero-order valence-corrected chi connectivity index (χ0v) is 22.1. The van der Waals surface area contributed by atoms with Crippen molar-refractivity contribution in [1.82, 2.24) is 5.32 Å². The predicted molar refractivity (Wildman–Crippen MR) is 141 cm³/mol. The second-order valence-corrected chi connectivity index (χ2v) is 9.60. The summed E-state index contributed by atoms with van der Waals surface area (Å²) in [6.07, 6.45) is 18.0. The fourth-order valence-electron chi connectivity index (χ4n) is 4.49. The van der Waals surface area contributed by atoms with Crippen molar-refractivity contribution in [3.8, 4) is 5.75 Å². The summed E-state index contributed by atoms with van der Waals surface area (Å²) >= 11 is 0. The number of hydrogen-bond acceptors (Lipinski definition) is 2. The first kappa shape index (κ1) is 27.9. The second kappa shape index (κ2) is 16.3. The summed E-state index contributed by atoms with van der Waals surface area (Å²) in [5.74, 6) is 0.852. The monoisotopic (exact) mass is 467 g/mol. The highest BCUT2D eigenvalue weighted by molar-refractivity contribution is 5.91. The largest absolute Gasteiger partial charge is 0.493 e. The maximum absolute atomic E-state index is 12.7. The van der Waals surface area contributed by atoms with Crippen molar-refractivity contribution in [2.75, 3.05) is 6.61 Å². The van der Waals surface area contributed by atoms with Gasteiger partial charge < -0.3 is 10.1 Å². The molecule has 1 atom stereocenters. The van der Waals surface area contributed by atoms with Gasteiger partial charge in [-0.15, -0.1) is 0 Å². The molecule has 0 aliphatic carbocycles. The van der Waals surface area contributed by atoms with Gasteiger partial charge in [0.05, 0.1) is 12.6 Å². The Labute approximate surface area is 208 Å². The van der Waals surface area contributed by atoms with Crippen LogP contribution < -0.4 is 14.6 Å². The summed E-state index contributed by atoms with van der Waals surface area (Å²) in [5, 5.41) is 3.12. The quantitative estimate of drug-likeness (QED) is 0.195. The van der Waals surface area contributed by atoms with E-state index < -0.39 is 0 Å². The highest BCUT2D eigenvalue weighted by Crippen LogP contribution is 2.26. The average Bonchev–Trinajstić information content (AvgIpc) is 2.83. The van der Waals surface area contributed by atoms with E-state index >= 15 is 0 Å². The summed E-state index contributed by atoms with van der Waals surface area (Å²) in [6.45, 7) is 7.14. The molecule has 188 valence electrons. The molecular formula is C30H47N2O2+. The number of aryl methyl sites for hydroxylation is 1. The molecule has 1 aromatic heterocycles. The molecule has 4 nitrogen and oxygen atoms in total. The number of hydrogen-bond donors (Lipinski definition) is 1. The normalized spacial score (nSPS) is 11.9. The number of amides is 1. The molecule has 0 saturated carbocycles. The van der Waals surface area contributed by atoms with Crippen LogP contribution in [0.3, 0.4) is 0 Å². The van der Waals surface area contributed by atoms with Gasteiger partial charge in [0.25, 0.3) is 5.69 Å². The van der Waals surface area contributed by atoms with Crippen LogP contribution in [0.5, 0.6) is 5.75 Å². The number of nitrogens with zero attached hydrogens (tertiary/aromatic N) is 1. The third-order valence-electron chi connectivity index (χ3n) is 6.68. The van der Waals surface area contributed by atoms with Gasteiger partial charge in [-0.3, -0.25) is 4.79 Å². The lowest BCUT2D eigenvalue weighted by molar-refractivity contribution is -0.673. The van der Waals surface area contributed by atoms with Crippen molar-refractivity contribution in [3.63, 3.8) is 0 Å². The standard InChI is InChI=1S/C30H46N2O2/c1-5-6-7-8-9-10-11-12-13-14-15-18-24-34-29-22-19-20-27(25(29)2)26(3)31-30(33)28-21-16-17-23-32(28)4/h16-17,19-23,26H,5-15,18,24H2,1-4H3/p+1. The first-order valence-electron chi connectivity index (χ1n) is 13.5. The molecule has 34 heavy (non-hydrogen) atoms. The number of carbonyl (C=O) groups is 1. The van der Waals surface area contributed by atoms with Gasteiger partial charge in [0, 0.05) is 12.1 Å². The van der Waals surface area contributed by atoms with Crippen LogP contribution in [0.25, 0.3) is 0 Å². The van der Waals surface area contributed by atoms with E-state index in [0.29, 0.717) is 5.69 Å². The third-order valence-corrected chi connectivity index (χ3v) is 6.68. The lowest BCUT2D eigenvalue weighted by Crippen LogP contribution is -2.41. The molecule has 2 aromatic rings. The summed E-state index contributed by atoms with van der Waals surface area (Å²) in [5.41, 5.74) is 2.84. The molecule has 2 rings (SSSR count). The Bertz CT molecular complexity index is 849. The van der Waals surface area contributed by atoms with Crippen LogP contribution >= 0.6 is 0 Å². The van der Waals surface area contributed by atoms with Crippen LogP contribution in [-0.2, 0) is 7.05 Å². The Morgan fingerprint density at radius 2 is 1.50 bits per heavy atom. The second-order valence-electron chi connectivity index (χ2n) is 9.60. The molecule has 1 aromatic carbocycles. The van der Waals surface area contributed by atoms with E-state index in [1.54, 1.807) is 0 Å². The number of rotatable bonds is 17. The molecule has 0 spiro atoms. The van der Waals surface area contributed by atoms with Crippen molar-refractivity contribution >= 4 is 5.91 Å². The number of nitrogens with one attached hydrogen (secondary N) is 1. The summed E-state index contributed by atoms with van der Waals surface area (Å²) in [6, 6.07) is 11.7. The maximum atomic E-state index is 12.7. The lowest BCUT2D eigenvalue weighted by Gasteiger charge is -2.18. The van der Waals surface area contributed by atoms with E-state index in [1.165, 1.54) is 70.6 Å². The number of benzene rings is 1. The first-order chi connectivity index (χ1) is 16.5. The van der Waals surface area contributed by atoms with Crippen LogP contribution in [-0.4, -0.2) is 12.5 Å². The van der Waals surface area contributed by atoms with Gasteiger partial charge >= 0.3 is 5.91 Å². The highest BCUT2D eigenvalue weighted by Gasteiger charge is 2.20. The Balaban J connectivity index is 1.66. The summed E-state index contributed by atoms with van der Waals surface area (Å²) in [4.78, 5) is 12.7. The molecule has 1 N–H and O–H groups in total.